The van der Waals surface area contributed by atoms with Gasteiger partial charge in [-0.2, -0.15) is 5.10 Å². The van der Waals surface area contributed by atoms with Gasteiger partial charge in [-0.25, -0.2) is 0 Å². The smallest absolute Gasteiger partial charge is 0.157 e. The highest BCUT2D eigenvalue weighted by atomic mass is 16.5. The lowest BCUT2D eigenvalue weighted by molar-refractivity contribution is 0.264. The van der Waals surface area contributed by atoms with Crippen molar-refractivity contribution in [3.05, 3.63) is 35.5 Å². The summed E-state index contributed by atoms with van der Waals surface area (Å²) in [5, 5.41) is 7.57. The van der Waals surface area contributed by atoms with Gasteiger partial charge in [-0.3, -0.25) is 4.68 Å². The van der Waals surface area contributed by atoms with Crippen molar-refractivity contribution in [3.63, 3.8) is 0 Å². The first kappa shape index (κ1) is 15.6. The fourth-order valence-electron chi connectivity index (χ4n) is 2.06. The van der Waals surface area contributed by atoms with Crippen LogP contribution in [0.2, 0.25) is 0 Å². The Labute approximate surface area is 126 Å². The molecule has 1 N–H and O–H groups in total. The Morgan fingerprint density at radius 2 is 2.24 bits per heavy atom. The summed E-state index contributed by atoms with van der Waals surface area (Å²) in [6, 6.07) is 2.04. The van der Waals surface area contributed by atoms with Gasteiger partial charge in [0.1, 0.15) is 18.1 Å². The molecule has 0 aliphatic rings. The molecule has 5 heteroatoms. The second-order valence-corrected chi connectivity index (χ2v) is 5.66. The van der Waals surface area contributed by atoms with E-state index in [4.69, 9.17) is 9.15 Å². The van der Waals surface area contributed by atoms with Crippen LogP contribution in [0.15, 0.2) is 22.9 Å². The Bertz CT molecular complexity index is 558. The summed E-state index contributed by atoms with van der Waals surface area (Å²) in [7, 11) is 0. The number of aromatic nitrogens is 2. The summed E-state index contributed by atoms with van der Waals surface area (Å²) < 4.78 is 13.4. The molecule has 2 aromatic heterocycles. The number of hydrogen-bond acceptors (Lipinski definition) is 4. The third-order valence-electron chi connectivity index (χ3n) is 3.22. The quantitative estimate of drug-likeness (QED) is 0.812. The lowest BCUT2D eigenvalue weighted by Gasteiger charge is -2.06. The summed E-state index contributed by atoms with van der Waals surface area (Å²) >= 11 is 0. The van der Waals surface area contributed by atoms with Crippen LogP contribution in [0.3, 0.4) is 0 Å². The van der Waals surface area contributed by atoms with Gasteiger partial charge < -0.3 is 14.5 Å². The average molecular weight is 291 g/mol. The summed E-state index contributed by atoms with van der Waals surface area (Å²) in [4.78, 5) is 0. The molecule has 0 spiro atoms. The first-order chi connectivity index (χ1) is 10.1. The van der Waals surface area contributed by atoms with Crippen LogP contribution in [0.1, 0.15) is 37.9 Å². The molecule has 0 atom stereocenters. The van der Waals surface area contributed by atoms with Gasteiger partial charge in [-0.1, -0.05) is 13.8 Å². The largest absolute Gasteiger partial charge is 0.482 e. The maximum absolute atomic E-state index is 5.84. The van der Waals surface area contributed by atoms with Crippen LogP contribution < -0.4 is 10.1 Å². The van der Waals surface area contributed by atoms with Crippen LogP contribution >= 0.6 is 0 Å². The molecule has 116 valence electrons. The van der Waals surface area contributed by atoms with Gasteiger partial charge in [0, 0.05) is 6.54 Å². The molecule has 0 unspecified atom stereocenters. The van der Waals surface area contributed by atoms with Gasteiger partial charge in [0.15, 0.2) is 5.75 Å². The van der Waals surface area contributed by atoms with Crippen LogP contribution in [-0.4, -0.2) is 16.3 Å². The molecule has 0 fully saturated rings. The van der Waals surface area contributed by atoms with Crippen LogP contribution in [-0.2, 0) is 19.7 Å². The molecule has 0 saturated carbocycles. The summed E-state index contributed by atoms with van der Waals surface area (Å²) in [5.41, 5.74) is 1.16. The minimum Gasteiger partial charge on any atom is -0.482 e. The fraction of sp³-hybridized carbons (Fsp3) is 0.562. The molecule has 5 nitrogen and oxygen atoms in total. The Morgan fingerprint density at radius 3 is 2.90 bits per heavy atom. The van der Waals surface area contributed by atoms with Crippen LogP contribution in [0.25, 0.3) is 0 Å². The third kappa shape index (κ3) is 4.63. The molecular formula is C16H25N3O2. The summed E-state index contributed by atoms with van der Waals surface area (Å²) in [5.74, 6) is 3.24. The molecule has 0 aromatic carbocycles. The zero-order valence-electron chi connectivity index (χ0n) is 13.3. The monoisotopic (exact) mass is 291 g/mol. The number of nitrogens with one attached hydrogen (secondary N) is 1. The molecule has 0 amide bonds. The molecular weight excluding hydrogens is 266 g/mol. The number of nitrogens with zero attached hydrogens (tertiary/aromatic N) is 2. The lowest BCUT2D eigenvalue weighted by Crippen LogP contribution is -2.18. The molecule has 2 aromatic rings. The van der Waals surface area contributed by atoms with E-state index in [1.807, 2.05) is 23.9 Å². The van der Waals surface area contributed by atoms with Crippen molar-refractivity contribution in [2.75, 3.05) is 6.54 Å². The predicted octanol–water partition coefficient (Wildman–Crippen LogP) is 3.13. The second-order valence-electron chi connectivity index (χ2n) is 5.66. The van der Waals surface area contributed by atoms with Crippen molar-refractivity contribution < 1.29 is 9.15 Å². The molecule has 21 heavy (non-hydrogen) atoms. The highest BCUT2D eigenvalue weighted by molar-refractivity contribution is 5.20. The van der Waals surface area contributed by atoms with E-state index in [0.29, 0.717) is 12.5 Å². The Morgan fingerprint density at radius 1 is 1.43 bits per heavy atom. The van der Waals surface area contributed by atoms with Gasteiger partial charge in [0.05, 0.1) is 18.9 Å². The van der Waals surface area contributed by atoms with Crippen molar-refractivity contribution in [2.24, 2.45) is 5.92 Å². The molecule has 2 heterocycles. The van der Waals surface area contributed by atoms with E-state index >= 15 is 0 Å². The molecule has 0 aliphatic carbocycles. The van der Waals surface area contributed by atoms with E-state index in [9.17, 15) is 0 Å². The summed E-state index contributed by atoms with van der Waals surface area (Å²) in [6.45, 7) is 11.5. The van der Waals surface area contributed by atoms with Crippen molar-refractivity contribution in [1.29, 1.82) is 0 Å². The van der Waals surface area contributed by atoms with Crippen LogP contribution in [0.4, 0.5) is 0 Å². The lowest BCUT2D eigenvalue weighted by atomic mass is 10.2. The number of aryl methyl sites for hydroxylation is 2. The third-order valence-corrected chi connectivity index (χ3v) is 3.22. The van der Waals surface area contributed by atoms with Gasteiger partial charge >= 0.3 is 0 Å². The Balaban J connectivity index is 1.86. The first-order valence-corrected chi connectivity index (χ1v) is 7.52. The second kappa shape index (κ2) is 7.31. The maximum atomic E-state index is 5.84. The van der Waals surface area contributed by atoms with E-state index < -0.39 is 0 Å². The van der Waals surface area contributed by atoms with E-state index in [1.54, 1.807) is 6.20 Å². The van der Waals surface area contributed by atoms with Gasteiger partial charge in [-0.15, -0.1) is 0 Å². The van der Waals surface area contributed by atoms with Crippen molar-refractivity contribution in [1.82, 2.24) is 15.1 Å². The maximum Gasteiger partial charge on any atom is 0.157 e. The van der Waals surface area contributed by atoms with E-state index in [-0.39, 0.29) is 0 Å². The predicted molar refractivity (Wildman–Crippen MR) is 82.2 cm³/mol. The van der Waals surface area contributed by atoms with Crippen molar-refractivity contribution in [2.45, 2.75) is 47.4 Å². The number of rotatable bonds is 8. The normalized spacial score (nSPS) is 11.3. The minimum atomic E-state index is 0.431. The number of furan rings is 1. The molecule has 0 aliphatic heterocycles. The highest BCUT2D eigenvalue weighted by Gasteiger charge is 2.09. The van der Waals surface area contributed by atoms with E-state index in [0.717, 1.165) is 42.5 Å². The molecule has 0 saturated heterocycles. The van der Waals surface area contributed by atoms with Crippen LogP contribution in [0.5, 0.6) is 5.75 Å². The number of ether oxygens (including phenoxy) is 1. The van der Waals surface area contributed by atoms with Crippen LogP contribution in [0, 0.1) is 12.8 Å². The molecule has 0 radical (unpaired) electrons. The van der Waals surface area contributed by atoms with Gasteiger partial charge in [0.25, 0.3) is 0 Å². The standard InChI is InChI=1S/C16H25N3O2/c1-5-19-10-15(8-18-19)20-11-14-6-13(4)16(21-14)9-17-7-12(2)3/h6,8,10,12,17H,5,7,9,11H2,1-4H3. The Kier molecular flexibility index (Phi) is 5.44. The average Bonchev–Trinajstić information content (AvgIpc) is 3.03. The summed E-state index contributed by atoms with van der Waals surface area (Å²) in [6.07, 6.45) is 3.62. The SMILES string of the molecule is CCn1cc(OCc2cc(C)c(CNCC(C)C)o2)cn1. The molecule has 0 bridgehead atoms. The first-order valence-electron chi connectivity index (χ1n) is 7.52. The molecule has 2 rings (SSSR count). The van der Waals surface area contributed by atoms with Crippen molar-refractivity contribution in [3.8, 4) is 5.75 Å². The van der Waals surface area contributed by atoms with Crippen molar-refractivity contribution >= 4 is 0 Å². The van der Waals surface area contributed by atoms with E-state index in [2.05, 4.69) is 31.2 Å². The Hall–Kier alpha value is -1.75. The zero-order valence-corrected chi connectivity index (χ0v) is 13.3. The highest BCUT2D eigenvalue weighted by Crippen LogP contribution is 2.17. The van der Waals surface area contributed by atoms with Gasteiger partial charge in [0.2, 0.25) is 0 Å². The van der Waals surface area contributed by atoms with E-state index in [1.165, 1.54) is 0 Å². The number of hydrogen-bond donors (Lipinski definition) is 1. The van der Waals surface area contributed by atoms with Gasteiger partial charge in [-0.05, 0) is 37.9 Å². The topological polar surface area (TPSA) is 52.2 Å². The fourth-order valence-corrected chi connectivity index (χ4v) is 2.06. The minimum absolute atomic E-state index is 0.431. The zero-order chi connectivity index (χ0) is 15.2.